The van der Waals surface area contributed by atoms with Gasteiger partial charge in [-0.1, -0.05) is 70.4 Å². The number of hydrogen-bond donors (Lipinski definition) is 0. The van der Waals surface area contributed by atoms with E-state index in [9.17, 15) is 13.6 Å². The number of carbonyl (C=O) groups excluding carboxylic acids is 1. The summed E-state index contributed by atoms with van der Waals surface area (Å²) in [5.74, 6) is -2.63. The number of unbranched alkanes of at least 4 members (excludes halogenated alkanes) is 5. The van der Waals surface area contributed by atoms with Crippen LogP contribution in [0.15, 0.2) is 36.4 Å². The van der Waals surface area contributed by atoms with Crippen LogP contribution in [-0.4, -0.2) is 12.6 Å². The van der Waals surface area contributed by atoms with Crippen LogP contribution in [0.25, 0.3) is 0 Å². The molecule has 0 saturated heterocycles. The van der Waals surface area contributed by atoms with E-state index in [4.69, 9.17) is 9.47 Å². The van der Waals surface area contributed by atoms with E-state index in [0.29, 0.717) is 18.3 Å². The third-order valence-electron chi connectivity index (χ3n) is 6.19. The van der Waals surface area contributed by atoms with Crippen molar-refractivity contribution in [3.05, 3.63) is 59.2 Å². The summed E-state index contributed by atoms with van der Waals surface area (Å²) in [5.41, 5.74) is 0.791. The zero-order chi connectivity index (χ0) is 22.8. The number of carbonyl (C=O) groups is 1. The Hall–Kier alpha value is -2.43. The Balaban J connectivity index is 1.53. The predicted octanol–water partition coefficient (Wildman–Crippen LogP) is 7.97. The Labute approximate surface area is 190 Å². The normalized spacial score (nSPS) is 14.3. The van der Waals surface area contributed by atoms with Crippen molar-refractivity contribution in [2.45, 2.75) is 83.5 Å². The molecule has 174 valence electrons. The molecular weight excluding hydrogens is 410 g/mol. The molecule has 0 heterocycles. The molecule has 0 aromatic heterocycles. The molecule has 2 aromatic rings. The summed E-state index contributed by atoms with van der Waals surface area (Å²) < 4.78 is 39.5. The number of benzene rings is 2. The van der Waals surface area contributed by atoms with Gasteiger partial charge in [-0.25, -0.2) is 9.18 Å². The topological polar surface area (TPSA) is 35.5 Å². The van der Waals surface area contributed by atoms with E-state index < -0.39 is 23.2 Å². The minimum atomic E-state index is -1.24. The fourth-order valence-corrected chi connectivity index (χ4v) is 4.27. The Bertz CT molecular complexity index is 858. The first-order valence-electron chi connectivity index (χ1n) is 12.0. The molecule has 0 atom stereocenters. The molecule has 1 aliphatic carbocycles. The number of halogens is 2. The zero-order valence-corrected chi connectivity index (χ0v) is 19.0. The second-order valence-electron chi connectivity index (χ2n) is 8.65. The lowest BCUT2D eigenvalue weighted by molar-refractivity contribution is 0.0728. The molecule has 0 amide bonds. The van der Waals surface area contributed by atoms with Crippen LogP contribution in [0.3, 0.4) is 0 Å². The fourth-order valence-electron chi connectivity index (χ4n) is 4.27. The van der Waals surface area contributed by atoms with Gasteiger partial charge in [0.05, 0.1) is 12.2 Å². The Morgan fingerprint density at radius 3 is 2.28 bits per heavy atom. The summed E-state index contributed by atoms with van der Waals surface area (Å²) in [6.07, 6.45) is 12.6. The van der Waals surface area contributed by atoms with Gasteiger partial charge in [0, 0.05) is 0 Å². The van der Waals surface area contributed by atoms with Gasteiger partial charge in [-0.15, -0.1) is 0 Å². The van der Waals surface area contributed by atoms with Gasteiger partial charge in [0.2, 0.25) is 5.82 Å². The molecule has 0 aliphatic heterocycles. The lowest BCUT2D eigenvalue weighted by Gasteiger charge is -2.22. The molecule has 0 radical (unpaired) electrons. The minimum Gasteiger partial charge on any atom is -0.490 e. The summed E-state index contributed by atoms with van der Waals surface area (Å²) >= 11 is 0. The average Bonchev–Trinajstić information content (AvgIpc) is 2.82. The van der Waals surface area contributed by atoms with Crippen molar-refractivity contribution < 1.29 is 23.0 Å². The lowest BCUT2D eigenvalue weighted by Crippen LogP contribution is -2.13. The molecule has 5 heteroatoms. The second kappa shape index (κ2) is 12.6. The number of esters is 1. The molecule has 3 nitrogen and oxygen atoms in total. The molecule has 2 aromatic carbocycles. The Morgan fingerprint density at radius 2 is 1.56 bits per heavy atom. The highest BCUT2D eigenvalue weighted by Crippen LogP contribution is 2.33. The fraction of sp³-hybridized carbons (Fsp3) is 0.519. The van der Waals surface area contributed by atoms with Crippen LogP contribution in [0, 0.1) is 11.6 Å². The van der Waals surface area contributed by atoms with E-state index in [2.05, 4.69) is 6.92 Å². The lowest BCUT2D eigenvalue weighted by atomic mass is 9.84. The Morgan fingerprint density at radius 1 is 0.875 bits per heavy atom. The van der Waals surface area contributed by atoms with E-state index in [1.165, 1.54) is 69.1 Å². The van der Waals surface area contributed by atoms with Crippen LogP contribution in [0.1, 0.15) is 99.4 Å². The SMILES string of the molecule is CCCCCCCCOc1ccc(C(=O)Oc2ccc(C3CCCCC3)cc2)c(F)c1F. The van der Waals surface area contributed by atoms with Crippen molar-refractivity contribution in [1.82, 2.24) is 0 Å². The minimum absolute atomic E-state index is 0.176. The maximum Gasteiger partial charge on any atom is 0.346 e. The summed E-state index contributed by atoms with van der Waals surface area (Å²) in [5, 5.41) is 0. The van der Waals surface area contributed by atoms with Crippen molar-refractivity contribution in [2.75, 3.05) is 6.61 Å². The highest BCUT2D eigenvalue weighted by molar-refractivity contribution is 5.91. The van der Waals surface area contributed by atoms with Gasteiger partial charge in [-0.3, -0.25) is 0 Å². The molecule has 0 N–H and O–H groups in total. The molecule has 1 saturated carbocycles. The van der Waals surface area contributed by atoms with E-state index in [0.717, 1.165) is 19.3 Å². The van der Waals surface area contributed by atoms with Crippen molar-refractivity contribution in [1.29, 1.82) is 0 Å². The van der Waals surface area contributed by atoms with Crippen LogP contribution >= 0.6 is 0 Å². The van der Waals surface area contributed by atoms with Gasteiger partial charge >= 0.3 is 5.97 Å². The van der Waals surface area contributed by atoms with Crippen molar-refractivity contribution in [3.8, 4) is 11.5 Å². The average molecular weight is 445 g/mol. The summed E-state index contributed by atoms with van der Waals surface area (Å²) in [4.78, 5) is 12.4. The summed E-state index contributed by atoms with van der Waals surface area (Å²) in [6, 6.07) is 9.84. The monoisotopic (exact) mass is 444 g/mol. The van der Waals surface area contributed by atoms with Gasteiger partial charge in [-0.2, -0.15) is 4.39 Å². The standard InChI is InChI=1S/C27H34F2O3/c1-2-3-4-5-6-10-19-31-24-18-17-23(25(28)26(24)29)27(30)32-22-15-13-21(14-16-22)20-11-8-7-9-12-20/h13-18,20H,2-12,19H2,1H3. The number of ether oxygens (including phenoxy) is 2. The highest BCUT2D eigenvalue weighted by atomic mass is 19.2. The second-order valence-corrected chi connectivity index (χ2v) is 8.65. The third-order valence-corrected chi connectivity index (χ3v) is 6.19. The van der Waals surface area contributed by atoms with Gasteiger partial charge in [-0.05, 0) is 55.0 Å². The van der Waals surface area contributed by atoms with Crippen LogP contribution in [0.2, 0.25) is 0 Å². The molecular formula is C27H34F2O3. The summed E-state index contributed by atoms with van der Waals surface area (Å²) in [6.45, 7) is 2.48. The van der Waals surface area contributed by atoms with E-state index in [1.807, 2.05) is 12.1 Å². The van der Waals surface area contributed by atoms with Gasteiger partial charge in [0.25, 0.3) is 0 Å². The molecule has 32 heavy (non-hydrogen) atoms. The van der Waals surface area contributed by atoms with Gasteiger partial charge < -0.3 is 9.47 Å². The molecule has 0 bridgehead atoms. The van der Waals surface area contributed by atoms with E-state index >= 15 is 0 Å². The van der Waals surface area contributed by atoms with Gasteiger partial charge in [0.15, 0.2) is 11.6 Å². The Kier molecular flexibility index (Phi) is 9.51. The maximum absolute atomic E-state index is 14.5. The van der Waals surface area contributed by atoms with Crippen LogP contribution in [-0.2, 0) is 0 Å². The highest BCUT2D eigenvalue weighted by Gasteiger charge is 2.21. The third kappa shape index (κ3) is 6.78. The first-order chi connectivity index (χ1) is 15.6. The molecule has 0 unspecified atom stereocenters. The van der Waals surface area contributed by atoms with Crippen molar-refractivity contribution in [3.63, 3.8) is 0 Å². The molecule has 1 aliphatic rings. The maximum atomic E-state index is 14.5. The molecule has 1 fully saturated rings. The van der Waals surface area contributed by atoms with Crippen molar-refractivity contribution in [2.24, 2.45) is 0 Å². The smallest absolute Gasteiger partial charge is 0.346 e. The molecule has 0 spiro atoms. The molecule has 3 rings (SSSR count). The largest absolute Gasteiger partial charge is 0.490 e. The predicted molar refractivity (Wildman–Crippen MR) is 122 cm³/mol. The number of rotatable bonds is 11. The number of hydrogen-bond acceptors (Lipinski definition) is 3. The first kappa shape index (κ1) is 24.2. The van der Waals surface area contributed by atoms with E-state index in [1.54, 1.807) is 12.1 Å². The van der Waals surface area contributed by atoms with E-state index in [-0.39, 0.29) is 5.75 Å². The summed E-state index contributed by atoms with van der Waals surface area (Å²) in [7, 11) is 0. The van der Waals surface area contributed by atoms with Crippen molar-refractivity contribution >= 4 is 5.97 Å². The van der Waals surface area contributed by atoms with Crippen LogP contribution < -0.4 is 9.47 Å². The van der Waals surface area contributed by atoms with Crippen LogP contribution in [0.4, 0.5) is 8.78 Å². The zero-order valence-electron chi connectivity index (χ0n) is 19.0. The quantitative estimate of drug-likeness (QED) is 0.200. The van der Waals surface area contributed by atoms with Crippen LogP contribution in [0.5, 0.6) is 11.5 Å². The first-order valence-corrected chi connectivity index (χ1v) is 12.0. The van der Waals surface area contributed by atoms with Gasteiger partial charge in [0.1, 0.15) is 5.75 Å².